The number of nitrogens with one attached hydrogen (secondary N) is 2. The van der Waals surface area contributed by atoms with Gasteiger partial charge in [0.05, 0.1) is 17.3 Å². The number of hydrogen-bond donors (Lipinski definition) is 2. The van der Waals surface area contributed by atoms with Gasteiger partial charge >= 0.3 is 0 Å². The third kappa shape index (κ3) is 4.27. The van der Waals surface area contributed by atoms with Gasteiger partial charge in [-0.1, -0.05) is 36.4 Å². The van der Waals surface area contributed by atoms with Crippen molar-refractivity contribution >= 4 is 34.9 Å². The summed E-state index contributed by atoms with van der Waals surface area (Å²) in [5.74, 6) is -2.35. The number of rotatable bonds is 5. The van der Waals surface area contributed by atoms with Gasteiger partial charge in [0.1, 0.15) is 29.7 Å². The summed E-state index contributed by atoms with van der Waals surface area (Å²) >= 11 is 0. The molecule has 2 aromatic heterocycles. The monoisotopic (exact) mass is 578 g/mol. The van der Waals surface area contributed by atoms with Gasteiger partial charge in [-0.25, -0.2) is 18.8 Å². The Morgan fingerprint density at radius 1 is 1.00 bits per heavy atom. The second-order valence-corrected chi connectivity index (χ2v) is 11.1. The molecule has 1 aliphatic carbocycles. The number of fused-ring (bicyclic) bond motifs is 3. The predicted octanol–water partition coefficient (Wildman–Crippen LogP) is 3.89. The van der Waals surface area contributed by atoms with Crippen LogP contribution in [-0.4, -0.2) is 44.8 Å². The summed E-state index contributed by atoms with van der Waals surface area (Å²) in [6.45, 7) is 1.09. The van der Waals surface area contributed by atoms with Crippen molar-refractivity contribution < 1.29 is 23.2 Å². The van der Waals surface area contributed by atoms with Gasteiger partial charge in [-0.2, -0.15) is 0 Å². The molecule has 0 saturated heterocycles. The summed E-state index contributed by atoms with van der Waals surface area (Å²) in [4.78, 5) is 54.6. The third-order valence-corrected chi connectivity index (χ3v) is 8.36. The van der Waals surface area contributed by atoms with Crippen LogP contribution in [0.15, 0.2) is 84.1 Å². The standard InChI is InChI=1S/C32H24F2N6O3/c1-31(20-11-21(33)13-22(34)12-20)39-27(18-6-3-2-4-7-18)29(42)40(31)17-26(41)37-23-10-19-14-32(15-25(19)36-16-23)24-8-5-9-35-28(24)38-30(32)43/h2-13,16H,14-15,17H2,1H3,(H,37,41)(H,35,38,43)/t31-,32+/m1/s1. The topological polar surface area (TPSA) is 117 Å². The zero-order valence-corrected chi connectivity index (χ0v) is 22.9. The number of hydrogen-bond acceptors (Lipinski definition) is 6. The Labute approximate surface area is 244 Å². The molecule has 2 aliphatic heterocycles. The van der Waals surface area contributed by atoms with E-state index in [1.54, 1.807) is 48.7 Å². The number of benzene rings is 2. The number of pyridine rings is 2. The van der Waals surface area contributed by atoms with Gasteiger partial charge in [0.15, 0.2) is 5.66 Å². The quantitative estimate of drug-likeness (QED) is 0.373. The fourth-order valence-corrected chi connectivity index (χ4v) is 6.24. The van der Waals surface area contributed by atoms with Crippen LogP contribution in [0.3, 0.4) is 0 Å². The van der Waals surface area contributed by atoms with Gasteiger partial charge in [0, 0.05) is 41.1 Å². The minimum Gasteiger partial charge on any atom is -0.323 e. The fraction of sp³-hybridized carbons (Fsp3) is 0.188. The number of halogens is 2. The van der Waals surface area contributed by atoms with Crippen molar-refractivity contribution in [3.05, 3.63) is 119 Å². The van der Waals surface area contributed by atoms with Crippen LogP contribution in [0.1, 0.15) is 34.9 Å². The summed E-state index contributed by atoms with van der Waals surface area (Å²) < 4.78 is 28.5. The molecule has 2 aromatic carbocycles. The molecule has 9 nitrogen and oxygen atoms in total. The minimum atomic E-state index is -1.55. The van der Waals surface area contributed by atoms with Crippen LogP contribution in [0.2, 0.25) is 0 Å². The van der Waals surface area contributed by atoms with E-state index in [9.17, 15) is 23.2 Å². The molecule has 4 heterocycles. The average molecular weight is 579 g/mol. The van der Waals surface area contributed by atoms with Gasteiger partial charge in [-0.05, 0) is 43.2 Å². The number of anilines is 2. The number of carbonyl (C=O) groups excluding carboxylic acids is 3. The molecular weight excluding hydrogens is 554 g/mol. The van der Waals surface area contributed by atoms with Crippen molar-refractivity contribution in [1.82, 2.24) is 14.9 Å². The largest absolute Gasteiger partial charge is 0.323 e. The average Bonchev–Trinajstić information content (AvgIpc) is 3.59. The first-order chi connectivity index (χ1) is 20.7. The van der Waals surface area contributed by atoms with Crippen molar-refractivity contribution in [2.24, 2.45) is 4.99 Å². The summed E-state index contributed by atoms with van der Waals surface area (Å²) in [5, 5.41) is 5.64. The maximum Gasteiger partial charge on any atom is 0.275 e. The van der Waals surface area contributed by atoms with E-state index in [4.69, 9.17) is 0 Å². The first-order valence-electron chi connectivity index (χ1n) is 13.6. The van der Waals surface area contributed by atoms with Gasteiger partial charge in [-0.15, -0.1) is 0 Å². The minimum absolute atomic E-state index is 0.0784. The van der Waals surface area contributed by atoms with E-state index in [1.807, 2.05) is 6.07 Å². The molecule has 2 atom stereocenters. The molecule has 0 unspecified atom stereocenters. The molecule has 4 aromatic rings. The molecule has 3 aliphatic rings. The molecule has 0 saturated carbocycles. The number of amides is 3. The van der Waals surface area contributed by atoms with Crippen molar-refractivity contribution in [3.63, 3.8) is 0 Å². The lowest BCUT2D eigenvalue weighted by Gasteiger charge is -2.33. The number of aromatic nitrogens is 2. The van der Waals surface area contributed by atoms with E-state index in [1.165, 1.54) is 18.0 Å². The van der Waals surface area contributed by atoms with Crippen molar-refractivity contribution in [1.29, 1.82) is 0 Å². The second kappa shape index (κ2) is 9.62. The molecule has 2 N–H and O–H groups in total. The van der Waals surface area contributed by atoms with Crippen LogP contribution >= 0.6 is 0 Å². The van der Waals surface area contributed by atoms with Crippen LogP contribution in [0.4, 0.5) is 20.3 Å². The molecule has 3 amide bonds. The molecule has 11 heteroatoms. The molecule has 1 spiro atoms. The Hall–Kier alpha value is -5.32. The molecule has 0 bridgehead atoms. The Morgan fingerprint density at radius 2 is 1.77 bits per heavy atom. The fourth-order valence-electron chi connectivity index (χ4n) is 6.24. The number of carbonyl (C=O) groups is 3. The highest BCUT2D eigenvalue weighted by atomic mass is 19.1. The van der Waals surface area contributed by atoms with Gasteiger partial charge in [0.25, 0.3) is 5.91 Å². The predicted molar refractivity (Wildman–Crippen MR) is 153 cm³/mol. The SMILES string of the molecule is C[C@@]1(c2cc(F)cc(F)c2)N=C(c2ccccc2)C(=O)N1CC(=O)Nc1cnc2c(c1)C[C@@]1(C2)C(=O)Nc2ncccc21. The highest BCUT2D eigenvalue weighted by molar-refractivity contribution is 6.47. The lowest BCUT2D eigenvalue weighted by Crippen LogP contribution is -2.47. The van der Waals surface area contributed by atoms with Crippen LogP contribution in [0.25, 0.3) is 0 Å². The summed E-state index contributed by atoms with van der Waals surface area (Å²) in [7, 11) is 0. The van der Waals surface area contributed by atoms with Crippen molar-refractivity contribution in [2.75, 3.05) is 17.2 Å². The molecular formula is C32H24F2N6O3. The van der Waals surface area contributed by atoms with E-state index in [-0.39, 0.29) is 17.2 Å². The van der Waals surface area contributed by atoms with E-state index in [2.05, 4.69) is 25.6 Å². The summed E-state index contributed by atoms with van der Waals surface area (Å²) in [5.41, 5.74) is 1.10. The van der Waals surface area contributed by atoms with Crippen LogP contribution in [-0.2, 0) is 38.3 Å². The van der Waals surface area contributed by atoms with E-state index >= 15 is 0 Å². The molecule has 43 heavy (non-hydrogen) atoms. The third-order valence-electron chi connectivity index (χ3n) is 8.36. The van der Waals surface area contributed by atoms with E-state index in [0.717, 1.165) is 35.0 Å². The normalized spacial score (nSPS) is 21.9. The second-order valence-electron chi connectivity index (χ2n) is 11.1. The highest BCUT2D eigenvalue weighted by Crippen LogP contribution is 2.46. The summed E-state index contributed by atoms with van der Waals surface area (Å²) in [6.07, 6.45) is 3.93. The highest BCUT2D eigenvalue weighted by Gasteiger charge is 2.52. The van der Waals surface area contributed by atoms with Crippen molar-refractivity contribution in [3.8, 4) is 0 Å². The molecule has 214 valence electrons. The first kappa shape index (κ1) is 26.6. The van der Waals surface area contributed by atoms with Crippen LogP contribution in [0.5, 0.6) is 0 Å². The maximum absolute atomic E-state index is 14.3. The van der Waals surface area contributed by atoms with E-state index < -0.39 is 41.1 Å². The van der Waals surface area contributed by atoms with Crippen molar-refractivity contribution in [2.45, 2.75) is 30.8 Å². The van der Waals surface area contributed by atoms with E-state index in [0.29, 0.717) is 29.9 Å². The van der Waals surface area contributed by atoms with Gasteiger partial charge in [0.2, 0.25) is 11.8 Å². The molecule has 0 radical (unpaired) electrons. The molecule has 7 rings (SSSR count). The smallest absolute Gasteiger partial charge is 0.275 e. The lowest BCUT2D eigenvalue weighted by molar-refractivity contribution is -0.132. The lowest BCUT2D eigenvalue weighted by atomic mass is 9.80. The Kier molecular flexibility index (Phi) is 5.94. The Bertz CT molecular complexity index is 1860. The van der Waals surface area contributed by atoms with Crippen LogP contribution < -0.4 is 10.6 Å². The first-order valence-corrected chi connectivity index (χ1v) is 13.6. The van der Waals surface area contributed by atoms with Gasteiger partial charge < -0.3 is 10.6 Å². The number of aliphatic imine (C=N–C) groups is 1. The zero-order valence-electron chi connectivity index (χ0n) is 22.9. The Balaban J connectivity index is 1.15. The maximum atomic E-state index is 14.3. The molecule has 0 fully saturated rings. The Morgan fingerprint density at radius 3 is 2.53 bits per heavy atom. The number of nitrogens with zero attached hydrogens (tertiary/aromatic N) is 4. The summed E-state index contributed by atoms with van der Waals surface area (Å²) in [6, 6.07) is 17.1. The van der Waals surface area contributed by atoms with Gasteiger partial charge in [-0.3, -0.25) is 24.3 Å². The van der Waals surface area contributed by atoms with Crippen LogP contribution in [0, 0.1) is 11.6 Å². The zero-order chi connectivity index (χ0) is 29.9.